The third-order valence-corrected chi connectivity index (χ3v) is 6.42. The first-order valence-electron chi connectivity index (χ1n) is 4.78. The van der Waals surface area contributed by atoms with Crippen molar-refractivity contribution in [3.8, 4) is 0 Å². The smallest absolute Gasteiger partial charge is 0.250 e. The summed E-state index contributed by atoms with van der Waals surface area (Å²) in [5.41, 5.74) is 0. The van der Waals surface area contributed by atoms with Gasteiger partial charge in [0.2, 0.25) is 10.0 Å². The van der Waals surface area contributed by atoms with Gasteiger partial charge in [0, 0.05) is 13.0 Å². The number of nitrogens with zero attached hydrogens (tertiary/aromatic N) is 2. The Morgan fingerprint density at radius 2 is 2.33 bits per heavy atom. The van der Waals surface area contributed by atoms with Gasteiger partial charge in [-0.2, -0.15) is 5.10 Å². The summed E-state index contributed by atoms with van der Waals surface area (Å²) in [5, 5.41) is 6.71. The maximum Gasteiger partial charge on any atom is 0.250 e. The number of aromatic amines is 1. The van der Waals surface area contributed by atoms with Gasteiger partial charge in [-0.1, -0.05) is 11.6 Å². The Hall–Kier alpha value is -0.480. The minimum absolute atomic E-state index is 0.178. The molecule has 0 saturated carbocycles. The minimum atomic E-state index is -3.52. The monoisotopic (exact) mass is 370 g/mol. The molecule has 2 N–H and O–H groups in total. The van der Waals surface area contributed by atoms with Crippen LogP contribution in [0.4, 0.5) is 0 Å². The van der Waals surface area contributed by atoms with Crippen LogP contribution in [0.3, 0.4) is 0 Å². The molecule has 0 saturated heterocycles. The fourth-order valence-corrected chi connectivity index (χ4v) is 4.66. The molecule has 0 aliphatic rings. The highest BCUT2D eigenvalue weighted by atomic mass is 79.9. The summed E-state index contributed by atoms with van der Waals surface area (Å²) in [6, 6.07) is 1.41. The fraction of sp³-hybridized carbons (Fsp3) is 0.250. The summed E-state index contributed by atoms with van der Waals surface area (Å²) in [6.07, 6.45) is 1.82. The van der Waals surface area contributed by atoms with Gasteiger partial charge in [-0.15, -0.1) is 11.3 Å². The Bertz CT molecular complexity index is 606. The lowest BCUT2D eigenvalue weighted by atomic mass is 10.4. The van der Waals surface area contributed by atoms with Crippen molar-refractivity contribution in [3.63, 3.8) is 0 Å². The molecule has 0 aliphatic carbocycles. The van der Waals surface area contributed by atoms with Crippen LogP contribution in [0.5, 0.6) is 0 Å². The number of aromatic nitrogens is 3. The van der Waals surface area contributed by atoms with E-state index >= 15 is 0 Å². The molecule has 2 aromatic rings. The second-order valence-electron chi connectivity index (χ2n) is 3.27. The van der Waals surface area contributed by atoms with Gasteiger partial charge in [0.05, 0.1) is 8.81 Å². The van der Waals surface area contributed by atoms with Gasteiger partial charge >= 0.3 is 0 Å². The molecular weight excluding hydrogens is 364 g/mol. The first-order chi connectivity index (χ1) is 8.49. The second-order valence-corrected chi connectivity index (χ2v) is 8.04. The molecule has 0 unspecified atom stereocenters. The molecular formula is C8H8BrClN4O2S2. The summed E-state index contributed by atoms with van der Waals surface area (Å²) in [5.74, 6) is 0.628. The molecule has 0 bridgehead atoms. The molecule has 0 aromatic carbocycles. The molecule has 10 heteroatoms. The van der Waals surface area contributed by atoms with Gasteiger partial charge in [0.15, 0.2) is 0 Å². The van der Waals surface area contributed by atoms with Gasteiger partial charge in [0.1, 0.15) is 16.4 Å². The van der Waals surface area contributed by atoms with Gasteiger partial charge in [-0.05, 0) is 22.0 Å². The van der Waals surface area contributed by atoms with E-state index in [4.69, 9.17) is 11.6 Å². The average molecular weight is 372 g/mol. The van der Waals surface area contributed by atoms with Crippen LogP contribution in [0.1, 0.15) is 5.82 Å². The number of sulfonamides is 1. The van der Waals surface area contributed by atoms with E-state index in [1.54, 1.807) is 0 Å². The lowest BCUT2D eigenvalue weighted by Gasteiger charge is -2.02. The van der Waals surface area contributed by atoms with Crippen LogP contribution in [0.25, 0.3) is 0 Å². The summed E-state index contributed by atoms with van der Waals surface area (Å²) < 4.78 is 27.0. The Morgan fingerprint density at radius 3 is 2.89 bits per heavy atom. The Balaban J connectivity index is 1.99. The summed E-state index contributed by atoms with van der Waals surface area (Å²) in [6.45, 7) is 0.241. The maximum absolute atomic E-state index is 11.9. The van der Waals surface area contributed by atoms with Crippen molar-refractivity contribution in [2.75, 3.05) is 6.54 Å². The third-order valence-electron chi connectivity index (χ3n) is 2.01. The van der Waals surface area contributed by atoms with Crippen molar-refractivity contribution < 1.29 is 8.42 Å². The first-order valence-corrected chi connectivity index (χ1v) is 8.25. The highest BCUT2D eigenvalue weighted by Gasteiger charge is 2.18. The fourth-order valence-electron chi connectivity index (χ4n) is 1.19. The first kappa shape index (κ1) is 13.9. The molecule has 6 nitrogen and oxygen atoms in total. The number of hydrogen-bond acceptors (Lipinski definition) is 5. The van der Waals surface area contributed by atoms with Gasteiger partial charge in [0.25, 0.3) is 0 Å². The molecule has 0 radical (unpaired) electrons. The van der Waals surface area contributed by atoms with Gasteiger partial charge < -0.3 is 0 Å². The van der Waals surface area contributed by atoms with E-state index in [-0.39, 0.29) is 10.8 Å². The molecule has 2 heterocycles. The number of rotatable bonds is 5. The highest BCUT2D eigenvalue weighted by Crippen LogP contribution is 2.34. The van der Waals surface area contributed by atoms with E-state index in [1.807, 2.05) is 0 Å². The lowest BCUT2D eigenvalue weighted by Crippen LogP contribution is -2.25. The molecule has 2 rings (SSSR count). The van der Waals surface area contributed by atoms with Crippen LogP contribution >= 0.6 is 38.9 Å². The van der Waals surface area contributed by atoms with E-state index < -0.39 is 10.0 Å². The number of halogens is 2. The van der Waals surface area contributed by atoms with Crippen LogP contribution in [-0.4, -0.2) is 30.1 Å². The molecule has 0 amide bonds. The normalized spacial score (nSPS) is 11.9. The van der Waals surface area contributed by atoms with Gasteiger partial charge in [-0.3, -0.25) is 5.10 Å². The van der Waals surface area contributed by atoms with Crippen molar-refractivity contribution in [3.05, 3.63) is 27.0 Å². The van der Waals surface area contributed by atoms with Crippen molar-refractivity contribution in [1.29, 1.82) is 0 Å². The zero-order valence-corrected chi connectivity index (χ0v) is 12.8. The topological polar surface area (TPSA) is 87.7 Å². The Kier molecular flexibility index (Phi) is 4.38. The third kappa shape index (κ3) is 3.29. The second kappa shape index (κ2) is 5.66. The SMILES string of the molecule is O=S(=O)(NCCc1ncn[nH]1)c1cc(Cl)c(Br)s1. The van der Waals surface area contributed by atoms with Gasteiger partial charge in [-0.25, -0.2) is 18.1 Å². The molecule has 2 aromatic heterocycles. The summed E-state index contributed by atoms with van der Waals surface area (Å²) in [7, 11) is -3.52. The molecule has 98 valence electrons. The quantitative estimate of drug-likeness (QED) is 0.839. The Morgan fingerprint density at radius 1 is 1.56 bits per heavy atom. The highest BCUT2D eigenvalue weighted by molar-refractivity contribution is 9.11. The van der Waals surface area contributed by atoms with Crippen LogP contribution < -0.4 is 4.72 Å². The van der Waals surface area contributed by atoms with Crippen molar-refractivity contribution >= 4 is 48.9 Å². The van der Waals surface area contributed by atoms with Crippen molar-refractivity contribution in [2.45, 2.75) is 10.6 Å². The number of thiophene rings is 1. The largest absolute Gasteiger partial charge is 0.263 e. The summed E-state index contributed by atoms with van der Waals surface area (Å²) >= 11 is 10.0. The predicted octanol–water partition coefficient (Wildman–Crippen LogP) is 1.80. The van der Waals surface area contributed by atoms with E-state index in [9.17, 15) is 8.42 Å². The van der Waals surface area contributed by atoms with E-state index in [0.29, 0.717) is 21.1 Å². The van der Waals surface area contributed by atoms with Crippen molar-refractivity contribution in [1.82, 2.24) is 19.9 Å². The summed E-state index contributed by atoms with van der Waals surface area (Å²) in [4.78, 5) is 3.90. The Labute approximate surface area is 121 Å². The van der Waals surface area contributed by atoms with Crippen LogP contribution in [0, 0.1) is 0 Å². The van der Waals surface area contributed by atoms with Crippen molar-refractivity contribution in [2.24, 2.45) is 0 Å². The molecule has 0 aliphatic heterocycles. The van der Waals surface area contributed by atoms with E-state index in [1.165, 1.54) is 12.4 Å². The molecule has 18 heavy (non-hydrogen) atoms. The van der Waals surface area contributed by atoms with E-state index in [0.717, 1.165) is 11.3 Å². The average Bonchev–Trinajstić information content (AvgIpc) is 2.90. The maximum atomic E-state index is 11.9. The van der Waals surface area contributed by atoms with Crippen LogP contribution in [-0.2, 0) is 16.4 Å². The number of nitrogens with one attached hydrogen (secondary N) is 2. The lowest BCUT2D eigenvalue weighted by molar-refractivity contribution is 0.583. The standard InChI is InChI=1S/C8H8BrClN4O2S2/c9-8-5(10)3-7(17-8)18(15,16)13-2-1-6-11-4-12-14-6/h3-4,13H,1-2H2,(H,11,12,14). The van der Waals surface area contributed by atoms with E-state index in [2.05, 4.69) is 35.8 Å². The molecule has 0 spiro atoms. The number of hydrogen-bond donors (Lipinski definition) is 2. The zero-order valence-electron chi connectivity index (χ0n) is 8.85. The van der Waals surface area contributed by atoms with Crippen LogP contribution in [0.2, 0.25) is 5.02 Å². The predicted molar refractivity (Wildman–Crippen MR) is 72.3 cm³/mol. The van der Waals surface area contributed by atoms with Crippen LogP contribution in [0.15, 0.2) is 20.4 Å². The molecule has 0 atom stereocenters. The molecule has 0 fully saturated rings. The minimum Gasteiger partial charge on any atom is -0.263 e. The zero-order chi connectivity index (χ0) is 13.2. The number of H-pyrrole nitrogens is 1.